The molecular weight excluding hydrogens is 275 g/mol. The first-order valence-electron chi connectivity index (χ1n) is 5.48. The number of H-pyrrole nitrogens is 1. The topological polar surface area (TPSA) is 67.0 Å². The number of rotatable bonds is 3. The first-order chi connectivity index (χ1) is 9.43. The highest BCUT2D eigenvalue weighted by atomic mass is 19.4. The van der Waals surface area contributed by atoms with Gasteiger partial charge in [-0.15, -0.1) is 0 Å². The number of benzene rings is 1. The van der Waals surface area contributed by atoms with E-state index < -0.39 is 23.3 Å². The number of nitrogens with one attached hydrogen (secondary N) is 2. The number of carbonyl (C=O) groups excluding carboxylic acids is 1. The second-order valence-electron chi connectivity index (χ2n) is 3.81. The number of carbonyl (C=O) groups is 1. The van der Waals surface area contributed by atoms with Gasteiger partial charge in [-0.3, -0.25) is 9.89 Å². The fourth-order valence-corrected chi connectivity index (χ4v) is 1.61. The van der Waals surface area contributed by atoms with E-state index in [9.17, 15) is 18.0 Å². The van der Waals surface area contributed by atoms with Crippen molar-refractivity contribution < 1.29 is 22.7 Å². The normalized spacial score (nSPS) is 11.2. The van der Waals surface area contributed by atoms with Gasteiger partial charge in [0.25, 0.3) is 5.91 Å². The second-order valence-corrected chi connectivity index (χ2v) is 3.81. The lowest BCUT2D eigenvalue weighted by Gasteiger charge is -2.10. The Morgan fingerprint density at radius 2 is 2.05 bits per heavy atom. The van der Waals surface area contributed by atoms with Gasteiger partial charge in [0.05, 0.1) is 24.6 Å². The van der Waals surface area contributed by atoms with Crippen LogP contribution in [-0.2, 0) is 6.18 Å². The average molecular weight is 285 g/mol. The van der Waals surface area contributed by atoms with E-state index in [2.05, 4.69) is 10.4 Å². The molecule has 2 rings (SSSR count). The summed E-state index contributed by atoms with van der Waals surface area (Å²) in [6.45, 7) is 0. The number of alkyl halides is 3. The number of para-hydroxylation sites is 2. The number of methoxy groups -OCH3 is 1. The highest BCUT2D eigenvalue weighted by Gasteiger charge is 2.37. The van der Waals surface area contributed by atoms with Gasteiger partial charge in [0.2, 0.25) is 0 Å². The summed E-state index contributed by atoms with van der Waals surface area (Å²) < 4.78 is 43.0. The van der Waals surface area contributed by atoms with Crippen LogP contribution in [0.2, 0.25) is 0 Å². The summed E-state index contributed by atoms with van der Waals surface area (Å²) in [6, 6.07) is 6.39. The zero-order valence-electron chi connectivity index (χ0n) is 10.3. The summed E-state index contributed by atoms with van der Waals surface area (Å²) >= 11 is 0. The lowest BCUT2D eigenvalue weighted by Crippen LogP contribution is -2.18. The van der Waals surface area contributed by atoms with Crippen molar-refractivity contribution in [3.63, 3.8) is 0 Å². The van der Waals surface area contributed by atoms with Crippen LogP contribution in [0, 0.1) is 0 Å². The van der Waals surface area contributed by atoms with E-state index in [1.165, 1.54) is 13.2 Å². The quantitative estimate of drug-likeness (QED) is 0.911. The maximum Gasteiger partial charge on any atom is 0.433 e. The van der Waals surface area contributed by atoms with E-state index in [0.29, 0.717) is 5.75 Å². The molecule has 2 aromatic rings. The van der Waals surface area contributed by atoms with E-state index in [1.807, 2.05) is 0 Å². The number of hydrogen-bond acceptors (Lipinski definition) is 3. The number of nitrogens with zero attached hydrogens (tertiary/aromatic N) is 1. The van der Waals surface area contributed by atoms with Gasteiger partial charge in [0.15, 0.2) is 5.69 Å². The van der Waals surface area contributed by atoms with Crippen LogP contribution in [0.3, 0.4) is 0 Å². The van der Waals surface area contributed by atoms with Gasteiger partial charge in [0.1, 0.15) is 5.75 Å². The third kappa shape index (κ3) is 2.73. The average Bonchev–Trinajstić information content (AvgIpc) is 2.88. The summed E-state index contributed by atoms with van der Waals surface area (Å²) in [5, 5.41) is 7.38. The maximum absolute atomic E-state index is 12.7. The molecule has 0 atom stereocenters. The molecule has 8 heteroatoms. The van der Waals surface area contributed by atoms with Gasteiger partial charge in [-0.25, -0.2) is 0 Å². The standard InChI is InChI=1S/C12H10F3N3O2/c1-20-9-5-3-2-4-8(9)17-11(19)7-6-16-18-10(7)12(13,14)15/h2-6H,1H3,(H,16,18)(H,17,19). The Hall–Kier alpha value is -2.51. The number of amides is 1. The fraction of sp³-hybridized carbons (Fsp3) is 0.167. The second kappa shape index (κ2) is 5.24. The molecule has 0 saturated carbocycles. The predicted octanol–water partition coefficient (Wildman–Crippen LogP) is 2.69. The fourth-order valence-electron chi connectivity index (χ4n) is 1.61. The zero-order chi connectivity index (χ0) is 14.8. The van der Waals surface area contributed by atoms with E-state index in [0.717, 1.165) is 6.20 Å². The van der Waals surface area contributed by atoms with Crippen LogP contribution < -0.4 is 10.1 Å². The monoisotopic (exact) mass is 285 g/mol. The molecule has 0 unspecified atom stereocenters. The predicted molar refractivity (Wildman–Crippen MR) is 64.5 cm³/mol. The van der Waals surface area contributed by atoms with Crippen molar-refractivity contribution in [2.75, 3.05) is 12.4 Å². The number of aromatic nitrogens is 2. The molecule has 1 aromatic carbocycles. The number of anilines is 1. The highest BCUT2D eigenvalue weighted by Crippen LogP contribution is 2.31. The summed E-state index contributed by atoms with van der Waals surface area (Å²) in [7, 11) is 1.39. The molecule has 0 aliphatic heterocycles. The molecule has 5 nitrogen and oxygen atoms in total. The van der Waals surface area contributed by atoms with Crippen LogP contribution in [0.1, 0.15) is 16.1 Å². The van der Waals surface area contributed by atoms with Crippen molar-refractivity contribution in [3.8, 4) is 5.75 Å². The van der Waals surface area contributed by atoms with Crippen LogP contribution in [0.15, 0.2) is 30.5 Å². The summed E-state index contributed by atoms with van der Waals surface area (Å²) in [4.78, 5) is 11.9. The Labute approximate surface area is 111 Å². The minimum absolute atomic E-state index is 0.273. The molecule has 2 N–H and O–H groups in total. The van der Waals surface area contributed by atoms with Gasteiger partial charge in [-0.05, 0) is 12.1 Å². The molecule has 0 saturated heterocycles. The van der Waals surface area contributed by atoms with Gasteiger partial charge in [0, 0.05) is 0 Å². The molecule has 0 bridgehead atoms. The molecule has 106 valence electrons. The van der Waals surface area contributed by atoms with E-state index in [-0.39, 0.29) is 5.69 Å². The molecular formula is C12H10F3N3O2. The molecule has 1 heterocycles. The number of hydrogen-bond donors (Lipinski definition) is 2. The van der Waals surface area contributed by atoms with Crippen molar-refractivity contribution in [1.29, 1.82) is 0 Å². The molecule has 0 spiro atoms. The first-order valence-corrected chi connectivity index (χ1v) is 5.48. The van der Waals surface area contributed by atoms with Crippen LogP contribution in [-0.4, -0.2) is 23.2 Å². The van der Waals surface area contributed by atoms with E-state index in [4.69, 9.17) is 4.74 Å². The number of halogens is 3. The number of aromatic amines is 1. The molecule has 0 aliphatic rings. The molecule has 0 aliphatic carbocycles. The highest BCUT2D eigenvalue weighted by molar-refractivity contribution is 6.05. The molecule has 1 amide bonds. The Kier molecular flexibility index (Phi) is 3.64. The molecule has 1 aromatic heterocycles. The zero-order valence-corrected chi connectivity index (χ0v) is 10.3. The smallest absolute Gasteiger partial charge is 0.433 e. The Morgan fingerprint density at radius 1 is 1.35 bits per heavy atom. The maximum atomic E-state index is 12.7. The van der Waals surface area contributed by atoms with Crippen molar-refractivity contribution in [3.05, 3.63) is 41.7 Å². The van der Waals surface area contributed by atoms with Gasteiger partial charge < -0.3 is 10.1 Å². The molecule has 20 heavy (non-hydrogen) atoms. The van der Waals surface area contributed by atoms with Crippen LogP contribution in [0.5, 0.6) is 5.75 Å². The van der Waals surface area contributed by atoms with Crippen LogP contribution in [0.4, 0.5) is 18.9 Å². The minimum atomic E-state index is -4.68. The van der Waals surface area contributed by atoms with E-state index >= 15 is 0 Å². The van der Waals surface area contributed by atoms with Gasteiger partial charge in [-0.1, -0.05) is 12.1 Å². The Morgan fingerprint density at radius 3 is 2.70 bits per heavy atom. The van der Waals surface area contributed by atoms with Crippen molar-refractivity contribution in [2.45, 2.75) is 6.18 Å². The van der Waals surface area contributed by atoms with Gasteiger partial charge in [-0.2, -0.15) is 18.3 Å². The largest absolute Gasteiger partial charge is 0.495 e. The van der Waals surface area contributed by atoms with E-state index in [1.54, 1.807) is 23.3 Å². The molecule has 0 radical (unpaired) electrons. The lowest BCUT2D eigenvalue weighted by atomic mass is 10.2. The van der Waals surface area contributed by atoms with Gasteiger partial charge >= 0.3 is 6.18 Å². The summed E-state index contributed by atoms with van der Waals surface area (Å²) in [5.74, 6) is -0.575. The first kappa shape index (κ1) is 13.9. The molecule has 0 fully saturated rings. The van der Waals surface area contributed by atoms with Crippen molar-refractivity contribution in [1.82, 2.24) is 10.2 Å². The van der Waals surface area contributed by atoms with Crippen LogP contribution in [0.25, 0.3) is 0 Å². The van der Waals surface area contributed by atoms with Crippen LogP contribution >= 0.6 is 0 Å². The lowest BCUT2D eigenvalue weighted by molar-refractivity contribution is -0.141. The third-order valence-corrected chi connectivity index (χ3v) is 2.52. The Balaban J connectivity index is 2.27. The Bertz CT molecular complexity index is 622. The summed E-state index contributed by atoms with van der Waals surface area (Å²) in [5.41, 5.74) is -1.50. The van der Waals surface area contributed by atoms with Crippen molar-refractivity contribution >= 4 is 11.6 Å². The third-order valence-electron chi connectivity index (χ3n) is 2.52. The summed E-state index contributed by atoms with van der Waals surface area (Å²) in [6.07, 6.45) is -3.85. The number of ether oxygens (including phenoxy) is 1. The van der Waals surface area contributed by atoms with Crippen molar-refractivity contribution in [2.24, 2.45) is 0 Å². The minimum Gasteiger partial charge on any atom is -0.495 e. The SMILES string of the molecule is COc1ccccc1NC(=O)c1cn[nH]c1C(F)(F)F.